The lowest BCUT2D eigenvalue weighted by Gasteiger charge is -2.36. The zero-order valence-corrected chi connectivity index (χ0v) is 16.4. The SMILES string of the molecule is COC(=O)C[C@H]1CCCCN1C(=O)[C@@H]1CCN(c2ccc(C)c(C)c2)C1=O. The predicted octanol–water partition coefficient (Wildman–Crippen LogP) is 2.60. The lowest BCUT2D eigenvalue weighted by atomic mass is 9.96. The number of piperidine rings is 1. The smallest absolute Gasteiger partial charge is 0.307 e. The van der Waals surface area contributed by atoms with Crippen LogP contribution in [0.25, 0.3) is 0 Å². The Hall–Kier alpha value is -2.37. The monoisotopic (exact) mass is 372 g/mol. The molecule has 146 valence electrons. The van der Waals surface area contributed by atoms with Crippen LogP contribution >= 0.6 is 0 Å². The molecule has 2 aliphatic heterocycles. The molecule has 6 heteroatoms. The van der Waals surface area contributed by atoms with E-state index in [9.17, 15) is 14.4 Å². The molecule has 2 amide bonds. The van der Waals surface area contributed by atoms with E-state index in [0.29, 0.717) is 19.5 Å². The topological polar surface area (TPSA) is 66.9 Å². The van der Waals surface area contributed by atoms with Crippen LogP contribution in [0, 0.1) is 19.8 Å². The molecule has 1 aromatic rings. The van der Waals surface area contributed by atoms with Crippen LogP contribution in [0.1, 0.15) is 43.2 Å². The average Bonchev–Trinajstić information content (AvgIpc) is 3.05. The van der Waals surface area contributed by atoms with Gasteiger partial charge in [-0.15, -0.1) is 0 Å². The lowest BCUT2D eigenvalue weighted by molar-refractivity contribution is -0.147. The summed E-state index contributed by atoms with van der Waals surface area (Å²) < 4.78 is 4.77. The van der Waals surface area contributed by atoms with Gasteiger partial charge in [0.05, 0.1) is 13.5 Å². The molecule has 27 heavy (non-hydrogen) atoms. The summed E-state index contributed by atoms with van der Waals surface area (Å²) in [5, 5.41) is 0. The Morgan fingerprint density at radius 2 is 1.89 bits per heavy atom. The fraction of sp³-hybridized carbons (Fsp3) is 0.571. The molecule has 0 bridgehead atoms. The van der Waals surface area contributed by atoms with E-state index in [-0.39, 0.29) is 30.2 Å². The highest BCUT2D eigenvalue weighted by atomic mass is 16.5. The second-order valence-corrected chi connectivity index (χ2v) is 7.56. The number of hydrogen-bond donors (Lipinski definition) is 0. The normalized spacial score (nSPS) is 22.9. The van der Waals surface area contributed by atoms with E-state index in [4.69, 9.17) is 4.74 Å². The molecule has 0 unspecified atom stereocenters. The first-order valence-electron chi connectivity index (χ1n) is 9.68. The molecule has 0 N–H and O–H groups in total. The molecule has 0 spiro atoms. The van der Waals surface area contributed by atoms with Crippen molar-refractivity contribution >= 4 is 23.5 Å². The highest BCUT2D eigenvalue weighted by Gasteiger charge is 2.42. The molecule has 0 aliphatic carbocycles. The van der Waals surface area contributed by atoms with E-state index in [1.54, 1.807) is 9.80 Å². The van der Waals surface area contributed by atoms with Crippen LogP contribution in [0.3, 0.4) is 0 Å². The number of anilines is 1. The Labute approximate surface area is 160 Å². The van der Waals surface area contributed by atoms with E-state index in [1.807, 2.05) is 32.0 Å². The first-order chi connectivity index (χ1) is 12.9. The minimum Gasteiger partial charge on any atom is -0.469 e. The van der Waals surface area contributed by atoms with Gasteiger partial charge in [-0.25, -0.2) is 0 Å². The molecule has 0 saturated carbocycles. The highest BCUT2D eigenvalue weighted by molar-refractivity contribution is 6.09. The molecule has 0 radical (unpaired) electrons. The molecule has 2 aliphatic rings. The van der Waals surface area contributed by atoms with Gasteiger partial charge in [0, 0.05) is 24.8 Å². The minimum absolute atomic E-state index is 0.134. The minimum atomic E-state index is -0.648. The number of nitrogens with zero attached hydrogens (tertiary/aromatic N) is 2. The van der Waals surface area contributed by atoms with Crippen molar-refractivity contribution in [2.75, 3.05) is 25.1 Å². The number of amides is 2. The summed E-state index contributed by atoms with van der Waals surface area (Å²) in [7, 11) is 1.36. The highest BCUT2D eigenvalue weighted by Crippen LogP contribution is 2.30. The maximum atomic E-state index is 13.1. The van der Waals surface area contributed by atoms with Gasteiger partial charge in [0.25, 0.3) is 0 Å². The maximum Gasteiger partial charge on any atom is 0.307 e. The van der Waals surface area contributed by atoms with E-state index in [1.165, 1.54) is 12.7 Å². The fourth-order valence-electron chi connectivity index (χ4n) is 4.04. The number of carbonyl (C=O) groups excluding carboxylic acids is 3. The molecule has 1 aromatic carbocycles. The number of ether oxygens (including phenoxy) is 1. The van der Waals surface area contributed by atoms with Crippen molar-refractivity contribution in [2.24, 2.45) is 5.92 Å². The Morgan fingerprint density at radius 3 is 2.59 bits per heavy atom. The Morgan fingerprint density at radius 1 is 1.11 bits per heavy atom. The van der Waals surface area contributed by atoms with E-state index >= 15 is 0 Å². The Bertz CT molecular complexity index is 746. The summed E-state index contributed by atoms with van der Waals surface area (Å²) >= 11 is 0. The third-order valence-electron chi connectivity index (χ3n) is 5.85. The predicted molar refractivity (Wildman–Crippen MR) is 102 cm³/mol. The lowest BCUT2D eigenvalue weighted by Crippen LogP contribution is -2.48. The van der Waals surface area contributed by atoms with Crippen molar-refractivity contribution in [1.82, 2.24) is 4.90 Å². The molecule has 6 nitrogen and oxygen atoms in total. The summed E-state index contributed by atoms with van der Waals surface area (Å²) in [6.45, 7) is 5.21. The second-order valence-electron chi connectivity index (χ2n) is 7.56. The Balaban J connectivity index is 1.73. The number of likely N-dealkylation sites (tertiary alicyclic amines) is 1. The summed E-state index contributed by atoms with van der Waals surface area (Å²) in [5.74, 6) is -1.23. The van der Waals surface area contributed by atoms with Crippen LogP contribution in [0.5, 0.6) is 0 Å². The maximum absolute atomic E-state index is 13.1. The Kier molecular flexibility index (Phi) is 5.82. The third-order valence-corrected chi connectivity index (χ3v) is 5.85. The van der Waals surface area contributed by atoms with Crippen molar-refractivity contribution in [1.29, 1.82) is 0 Å². The van der Waals surface area contributed by atoms with Crippen molar-refractivity contribution < 1.29 is 19.1 Å². The number of aryl methyl sites for hydroxylation is 2. The van der Waals surface area contributed by atoms with Gasteiger partial charge in [-0.2, -0.15) is 0 Å². The van der Waals surface area contributed by atoms with Crippen LogP contribution in [0.15, 0.2) is 18.2 Å². The zero-order chi connectivity index (χ0) is 19.6. The number of esters is 1. The van der Waals surface area contributed by atoms with E-state index < -0.39 is 5.92 Å². The first kappa shape index (κ1) is 19.4. The number of methoxy groups -OCH3 is 1. The summed E-state index contributed by atoms with van der Waals surface area (Å²) in [6.07, 6.45) is 3.39. The van der Waals surface area contributed by atoms with Gasteiger partial charge >= 0.3 is 5.97 Å². The van der Waals surface area contributed by atoms with Gasteiger partial charge in [0.1, 0.15) is 5.92 Å². The summed E-state index contributed by atoms with van der Waals surface area (Å²) in [5.41, 5.74) is 3.16. The molecule has 2 atom stereocenters. The van der Waals surface area contributed by atoms with Gasteiger partial charge in [-0.05, 0) is 62.8 Å². The van der Waals surface area contributed by atoms with Gasteiger partial charge < -0.3 is 14.5 Å². The molecular formula is C21H28N2O4. The largest absolute Gasteiger partial charge is 0.469 e. The average molecular weight is 372 g/mol. The van der Waals surface area contributed by atoms with E-state index in [0.717, 1.165) is 30.5 Å². The summed E-state index contributed by atoms with van der Waals surface area (Å²) in [4.78, 5) is 41.2. The van der Waals surface area contributed by atoms with Crippen LogP contribution in [-0.4, -0.2) is 48.9 Å². The van der Waals surface area contributed by atoms with Gasteiger partial charge in [0.15, 0.2) is 0 Å². The zero-order valence-electron chi connectivity index (χ0n) is 16.4. The van der Waals surface area contributed by atoms with E-state index in [2.05, 4.69) is 0 Å². The molecule has 3 rings (SSSR count). The van der Waals surface area contributed by atoms with Gasteiger partial charge in [-0.1, -0.05) is 6.07 Å². The van der Waals surface area contributed by atoms with Crippen molar-refractivity contribution in [3.63, 3.8) is 0 Å². The van der Waals surface area contributed by atoms with Crippen LogP contribution in [0.4, 0.5) is 5.69 Å². The standard InChI is InChI=1S/C21H28N2O4/c1-14-7-8-17(12-15(14)2)23-11-9-18(21(23)26)20(25)22-10-5-4-6-16(22)13-19(24)27-3/h7-8,12,16,18H,4-6,9-11,13H2,1-3H3/t16-,18+/m1/s1. The quantitative estimate of drug-likeness (QED) is 0.602. The fourth-order valence-corrected chi connectivity index (χ4v) is 4.04. The van der Waals surface area contributed by atoms with Gasteiger partial charge in [0.2, 0.25) is 11.8 Å². The summed E-state index contributed by atoms with van der Waals surface area (Å²) in [6, 6.07) is 5.78. The molecule has 0 aromatic heterocycles. The molecule has 2 fully saturated rings. The van der Waals surface area contributed by atoms with Crippen LogP contribution in [-0.2, 0) is 19.1 Å². The number of benzene rings is 1. The number of rotatable bonds is 4. The molecule has 2 saturated heterocycles. The third kappa shape index (κ3) is 3.99. The van der Waals surface area contributed by atoms with Crippen molar-refractivity contribution in [3.05, 3.63) is 29.3 Å². The molecular weight excluding hydrogens is 344 g/mol. The first-order valence-corrected chi connectivity index (χ1v) is 9.68. The van der Waals surface area contributed by atoms with Crippen molar-refractivity contribution in [3.8, 4) is 0 Å². The van der Waals surface area contributed by atoms with Crippen LogP contribution < -0.4 is 4.90 Å². The second kappa shape index (κ2) is 8.11. The number of carbonyl (C=O) groups is 3. The van der Waals surface area contributed by atoms with Crippen molar-refractivity contribution in [2.45, 2.75) is 52.0 Å². The van der Waals surface area contributed by atoms with Gasteiger partial charge in [-0.3, -0.25) is 14.4 Å². The number of hydrogen-bond acceptors (Lipinski definition) is 4. The molecule has 2 heterocycles. The van der Waals surface area contributed by atoms with Crippen LogP contribution in [0.2, 0.25) is 0 Å².